The van der Waals surface area contributed by atoms with Crippen molar-refractivity contribution < 1.29 is 10.2 Å². The largest absolute Gasteiger partial charge is 0.396 e. The van der Waals surface area contributed by atoms with Crippen LogP contribution in [0.5, 0.6) is 0 Å². The Kier molecular flexibility index (Phi) is 9.05. The number of benzene rings is 2. The summed E-state index contributed by atoms with van der Waals surface area (Å²) in [5, 5.41) is 18.4. The molecule has 0 unspecified atom stereocenters. The average Bonchev–Trinajstić information content (AvgIpc) is 2.64. The van der Waals surface area contributed by atoms with Gasteiger partial charge in [-0.15, -0.1) is 23.5 Å². The molecule has 5 heteroatoms. The molecule has 0 saturated heterocycles. The van der Waals surface area contributed by atoms with E-state index in [0.29, 0.717) is 0 Å². The Bertz CT molecular complexity index is 737. The predicted octanol–water partition coefficient (Wildman–Crippen LogP) is 6.60. The SMILES string of the molecule is CC(C)(C)c1cc(Sc2ccc(SCCO)c(C(C)(C)C)c2)ccc1SCCO. The Hall–Kier alpha value is -0.590. The molecule has 2 aromatic carbocycles. The molecule has 0 aromatic heterocycles. The van der Waals surface area contributed by atoms with Gasteiger partial charge in [0.1, 0.15) is 0 Å². The lowest BCUT2D eigenvalue weighted by Crippen LogP contribution is -2.13. The first-order chi connectivity index (χ1) is 13.6. The van der Waals surface area contributed by atoms with Crippen LogP contribution in [0.1, 0.15) is 52.7 Å². The van der Waals surface area contributed by atoms with Crippen LogP contribution in [0.4, 0.5) is 0 Å². The first-order valence-corrected chi connectivity index (χ1v) is 12.8. The fourth-order valence-electron chi connectivity index (χ4n) is 3.02. The normalized spacial score (nSPS) is 12.4. The van der Waals surface area contributed by atoms with Gasteiger partial charge in [0.05, 0.1) is 13.2 Å². The van der Waals surface area contributed by atoms with Crippen molar-refractivity contribution in [3.63, 3.8) is 0 Å². The summed E-state index contributed by atoms with van der Waals surface area (Å²) in [6.45, 7) is 13.8. The van der Waals surface area contributed by atoms with Crippen LogP contribution in [0, 0.1) is 0 Å². The molecule has 160 valence electrons. The molecule has 2 N–H and O–H groups in total. The van der Waals surface area contributed by atoms with Crippen LogP contribution in [-0.4, -0.2) is 34.9 Å². The Morgan fingerprint density at radius 3 is 1.34 bits per heavy atom. The van der Waals surface area contributed by atoms with E-state index in [9.17, 15) is 10.2 Å². The zero-order valence-corrected chi connectivity index (χ0v) is 20.9. The maximum absolute atomic E-state index is 9.20. The number of thioether (sulfide) groups is 2. The smallest absolute Gasteiger partial charge is 0.0525 e. The minimum Gasteiger partial charge on any atom is -0.396 e. The molecule has 0 spiro atoms. The topological polar surface area (TPSA) is 40.5 Å². The summed E-state index contributed by atoms with van der Waals surface area (Å²) in [5.41, 5.74) is 2.75. The Balaban J connectivity index is 2.35. The van der Waals surface area contributed by atoms with Crippen molar-refractivity contribution in [2.45, 2.75) is 72.0 Å². The van der Waals surface area contributed by atoms with Crippen LogP contribution in [0.3, 0.4) is 0 Å². The van der Waals surface area contributed by atoms with E-state index in [4.69, 9.17) is 0 Å². The summed E-state index contributed by atoms with van der Waals surface area (Å²) in [6.07, 6.45) is 0. The third-order valence-corrected chi connectivity index (χ3v) is 7.54. The van der Waals surface area contributed by atoms with Gasteiger partial charge in [-0.25, -0.2) is 0 Å². The van der Waals surface area contributed by atoms with Crippen LogP contribution < -0.4 is 0 Å². The highest BCUT2D eigenvalue weighted by atomic mass is 32.2. The summed E-state index contributed by atoms with van der Waals surface area (Å²) in [7, 11) is 0. The van der Waals surface area contributed by atoms with E-state index in [0.717, 1.165) is 11.5 Å². The summed E-state index contributed by atoms with van der Waals surface area (Å²) in [5.74, 6) is 1.44. The van der Waals surface area contributed by atoms with Gasteiger partial charge in [-0.2, -0.15) is 0 Å². The Morgan fingerprint density at radius 2 is 1.03 bits per heavy atom. The number of hydrogen-bond acceptors (Lipinski definition) is 5. The Morgan fingerprint density at radius 1 is 0.655 bits per heavy atom. The first kappa shape index (κ1) is 24.7. The number of aliphatic hydroxyl groups excluding tert-OH is 2. The molecule has 2 nitrogen and oxygen atoms in total. The fraction of sp³-hybridized carbons (Fsp3) is 0.500. The molecular weight excluding hydrogens is 416 g/mol. The lowest BCUT2D eigenvalue weighted by Gasteiger charge is -2.24. The van der Waals surface area contributed by atoms with Crippen molar-refractivity contribution >= 4 is 35.3 Å². The molecule has 2 aromatic rings. The summed E-state index contributed by atoms with van der Waals surface area (Å²) < 4.78 is 0. The van der Waals surface area contributed by atoms with Gasteiger partial charge >= 0.3 is 0 Å². The minimum absolute atomic E-state index is 0.0513. The van der Waals surface area contributed by atoms with E-state index < -0.39 is 0 Å². The highest BCUT2D eigenvalue weighted by molar-refractivity contribution is 8.00. The lowest BCUT2D eigenvalue weighted by atomic mass is 9.87. The maximum Gasteiger partial charge on any atom is 0.0525 e. The second-order valence-corrected chi connectivity index (χ2v) is 12.5. The van der Waals surface area contributed by atoms with E-state index in [1.165, 1.54) is 30.7 Å². The van der Waals surface area contributed by atoms with Gasteiger partial charge in [0.25, 0.3) is 0 Å². The third kappa shape index (κ3) is 7.25. The van der Waals surface area contributed by atoms with Crippen molar-refractivity contribution in [1.82, 2.24) is 0 Å². The monoisotopic (exact) mass is 450 g/mol. The fourth-order valence-corrected chi connectivity index (χ4v) is 5.91. The van der Waals surface area contributed by atoms with E-state index in [1.54, 1.807) is 35.3 Å². The summed E-state index contributed by atoms with van der Waals surface area (Å²) in [6, 6.07) is 13.4. The second kappa shape index (κ2) is 10.6. The maximum atomic E-state index is 9.20. The molecule has 29 heavy (non-hydrogen) atoms. The number of aliphatic hydroxyl groups is 2. The van der Waals surface area contributed by atoms with Crippen LogP contribution in [0.15, 0.2) is 56.0 Å². The molecule has 2 rings (SSSR count). The second-order valence-electron chi connectivity index (χ2n) is 9.06. The Labute approximate surface area is 189 Å². The molecule has 0 aliphatic carbocycles. The van der Waals surface area contributed by atoms with Crippen LogP contribution in [-0.2, 0) is 10.8 Å². The van der Waals surface area contributed by atoms with Gasteiger partial charge in [-0.3, -0.25) is 0 Å². The van der Waals surface area contributed by atoms with Crippen molar-refractivity contribution in [2.75, 3.05) is 24.7 Å². The van der Waals surface area contributed by atoms with Crippen molar-refractivity contribution in [3.05, 3.63) is 47.5 Å². The molecule has 0 aliphatic heterocycles. The van der Waals surface area contributed by atoms with Crippen molar-refractivity contribution in [3.8, 4) is 0 Å². The molecule has 0 radical (unpaired) electrons. The van der Waals surface area contributed by atoms with E-state index in [2.05, 4.69) is 77.9 Å². The van der Waals surface area contributed by atoms with Crippen LogP contribution in [0.25, 0.3) is 0 Å². The number of hydrogen-bond donors (Lipinski definition) is 2. The molecule has 0 amide bonds. The van der Waals surface area contributed by atoms with Crippen molar-refractivity contribution in [2.24, 2.45) is 0 Å². The first-order valence-electron chi connectivity index (χ1n) is 10.0. The van der Waals surface area contributed by atoms with E-state index in [1.807, 2.05) is 0 Å². The molecule has 0 fully saturated rings. The molecule has 0 heterocycles. The third-order valence-electron chi connectivity index (χ3n) is 4.45. The number of rotatable bonds is 8. The van der Waals surface area contributed by atoms with Gasteiger partial charge in [-0.1, -0.05) is 53.3 Å². The van der Waals surface area contributed by atoms with Crippen LogP contribution in [0.2, 0.25) is 0 Å². The van der Waals surface area contributed by atoms with Crippen molar-refractivity contribution in [1.29, 1.82) is 0 Å². The van der Waals surface area contributed by atoms with Gasteiger partial charge in [0, 0.05) is 31.1 Å². The minimum atomic E-state index is 0.0513. The summed E-state index contributed by atoms with van der Waals surface area (Å²) >= 11 is 5.24. The van der Waals surface area contributed by atoms with Gasteiger partial charge in [0.15, 0.2) is 0 Å². The van der Waals surface area contributed by atoms with Gasteiger partial charge < -0.3 is 10.2 Å². The zero-order valence-electron chi connectivity index (χ0n) is 18.4. The standard InChI is InChI=1S/C24H34O2S3/c1-23(2,3)19-15-17(7-9-21(19)27-13-11-25)29-18-8-10-22(28-14-12-26)20(16-18)24(4,5)6/h7-10,15-16,25-26H,11-14H2,1-6H3. The van der Waals surface area contributed by atoms with Crippen LogP contribution >= 0.6 is 35.3 Å². The highest BCUT2D eigenvalue weighted by Crippen LogP contribution is 2.40. The molecule has 0 saturated carbocycles. The molecule has 0 bridgehead atoms. The van der Waals surface area contributed by atoms with E-state index >= 15 is 0 Å². The molecule has 0 aliphatic rings. The average molecular weight is 451 g/mol. The lowest BCUT2D eigenvalue weighted by molar-refractivity contribution is 0.322. The molecule has 0 atom stereocenters. The predicted molar refractivity (Wildman–Crippen MR) is 130 cm³/mol. The summed E-state index contributed by atoms with van der Waals surface area (Å²) in [4.78, 5) is 4.97. The van der Waals surface area contributed by atoms with E-state index in [-0.39, 0.29) is 24.0 Å². The van der Waals surface area contributed by atoms with Gasteiger partial charge in [0.2, 0.25) is 0 Å². The highest BCUT2D eigenvalue weighted by Gasteiger charge is 2.21. The zero-order chi connectivity index (χ0) is 21.7. The molecular formula is C24H34O2S3. The quantitative estimate of drug-likeness (QED) is 0.443. The van der Waals surface area contributed by atoms with Gasteiger partial charge in [-0.05, 0) is 58.4 Å².